The standard InChI is InChI=1S/C11H12ClN5O3/c1-3-9(11-14-6(2)20-16-11)15-10-8(12)4-7(5-13-10)17(18)19/h4-5,9H,3H2,1-2H3,(H,13,15). The van der Waals surface area contributed by atoms with Crippen LogP contribution < -0.4 is 5.32 Å². The first-order chi connectivity index (χ1) is 9.51. The number of anilines is 1. The lowest BCUT2D eigenvalue weighted by atomic mass is 10.2. The maximum atomic E-state index is 10.6. The van der Waals surface area contributed by atoms with Crippen LogP contribution in [0.5, 0.6) is 0 Å². The number of nitrogens with one attached hydrogen (secondary N) is 1. The molecule has 0 bridgehead atoms. The number of hydrogen-bond acceptors (Lipinski definition) is 7. The average molecular weight is 298 g/mol. The molecule has 0 radical (unpaired) electrons. The molecule has 2 aromatic rings. The molecule has 2 heterocycles. The maximum absolute atomic E-state index is 10.6. The third kappa shape index (κ3) is 3.02. The summed E-state index contributed by atoms with van der Waals surface area (Å²) in [7, 11) is 0. The molecule has 106 valence electrons. The van der Waals surface area contributed by atoms with Gasteiger partial charge in [-0.3, -0.25) is 10.1 Å². The number of nitrogens with zero attached hydrogens (tertiary/aromatic N) is 4. The summed E-state index contributed by atoms with van der Waals surface area (Å²) in [5.74, 6) is 1.29. The van der Waals surface area contributed by atoms with Crippen molar-refractivity contribution in [3.8, 4) is 0 Å². The average Bonchev–Trinajstić information content (AvgIpc) is 2.83. The molecule has 1 atom stereocenters. The van der Waals surface area contributed by atoms with Crippen LogP contribution in [0.25, 0.3) is 0 Å². The minimum atomic E-state index is -0.553. The molecule has 0 aliphatic carbocycles. The lowest BCUT2D eigenvalue weighted by molar-refractivity contribution is -0.385. The van der Waals surface area contributed by atoms with Crippen molar-refractivity contribution in [2.24, 2.45) is 0 Å². The fourth-order valence-corrected chi connectivity index (χ4v) is 1.82. The van der Waals surface area contributed by atoms with E-state index < -0.39 is 4.92 Å². The van der Waals surface area contributed by atoms with E-state index in [2.05, 4.69) is 20.4 Å². The van der Waals surface area contributed by atoms with E-state index >= 15 is 0 Å². The zero-order valence-corrected chi connectivity index (χ0v) is 11.6. The Morgan fingerprint density at radius 2 is 2.35 bits per heavy atom. The molecule has 9 heteroatoms. The Balaban J connectivity index is 2.22. The highest BCUT2D eigenvalue weighted by Gasteiger charge is 2.18. The normalized spacial score (nSPS) is 12.2. The van der Waals surface area contributed by atoms with Gasteiger partial charge in [0.05, 0.1) is 16.0 Å². The topological polar surface area (TPSA) is 107 Å². The van der Waals surface area contributed by atoms with Crippen LogP contribution in [0.4, 0.5) is 11.5 Å². The summed E-state index contributed by atoms with van der Waals surface area (Å²) in [5, 5.41) is 17.7. The lowest BCUT2D eigenvalue weighted by Crippen LogP contribution is -2.13. The van der Waals surface area contributed by atoms with Gasteiger partial charge < -0.3 is 9.84 Å². The first-order valence-electron chi connectivity index (χ1n) is 5.88. The summed E-state index contributed by atoms with van der Waals surface area (Å²) in [6.07, 6.45) is 1.82. The minimum Gasteiger partial charge on any atom is -0.359 e. The number of rotatable bonds is 5. The highest BCUT2D eigenvalue weighted by Crippen LogP contribution is 2.27. The van der Waals surface area contributed by atoms with Crippen molar-refractivity contribution in [2.75, 3.05) is 5.32 Å². The van der Waals surface area contributed by atoms with E-state index in [4.69, 9.17) is 16.1 Å². The Labute approximate surface area is 119 Å². The maximum Gasteiger partial charge on any atom is 0.289 e. The molecular formula is C11H12ClN5O3. The van der Waals surface area contributed by atoms with Crippen LogP contribution in [0.15, 0.2) is 16.8 Å². The van der Waals surface area contributed by atoms with E-state index in [1.165, 1.54) is 6.07 Å². The van der Waals surface area contributed by atoms with Gasteiger partial charge in [-0.15, -0.1) is 0 Å². The molecule has 20 heavy (non-hydrogen) atoms. The zero-order valence-electron chi connectivity index (χ0n) is 10.8. The third-order valence-corrected chi connectivity index (χ3v) is 2.90. The summed E-state index contributed by atoms with van der Waals surface area (Å²) in [6.45, 7) is 3.63. The summed E-state index contributed by atoms with van der Waals surface area (Å²) < 4.78 is 4.92. The predicted molar refractivity (Wildman–Crippen MR) is 71.6 cm³/mol. The van der Waals surface area contributed by atoms with Gasteiger partial charge in [-0.25, -0.2) is 4.98 Å². The van der Waals surface area contributed by atoms with Crippen molar-refractivity contribution in [2.45, 2.75) is 26.3 Å². The molecule has 0 aliphatic rings. The largest absolute Gasteiger partial charge is 0.359 e. The fourth-order valence-electron chi connectivity index (χ4n) is 1.60. The van der Waals surface area contributed by atoms with E-state index in [-0.39, 0.29) is 16.8 Å². The number of aromatic nitrogens is 3. The molecule has 0 spiro atoms. The fraction of sp³-hybridized carbons (Fsp3) is 0.364. The second-order valence-electron chi connectivity index (χ2n) is 4.06. The van der Waals surface area contributed by atoms with Crippen LogP contribution in [-0.4, -0.2) is 20.0 Å². The highest BCUT2D eigenvalue weighted by molar-refractivity contribution is 6.33. The molecular weight excluding hydrogens is 286 g/mol. The number of nitro groups is 1. The van der Waals surface area contributed by atoms with Crippen molar-refractivity contribution >= 4 is 23.1 Å². The molecule has 0 aromatic carbocycles. The van der Waals surface area contributed by atoms with Gasteiger partial charge in [-0.05, 0) is 6.42 Å². The monoisotopic (exact) mass is 297 g/mol. The molecule has 0 amide bonds. The Bertz CT molecular complexity index is 630. The van der Waals surface area contributed by atoms with E-state index in [1.54, 1.807) is 6.92 Å². The number of pyridine rings is 1. The Morgan fingerprint density at radius 1 is 1.60 bits per heavy atom. The molecule has 2 rings (SSSR count). The van der Waals surface area contributed by atoms with Gasteiger partial charge >= 0.3 is 0 Å². The summed E-state index contributed by atoms with van der Waals surface area (Å²) in [6, 6.07) is 1.00. The van der Waals surface area contributed by atoms with Gasteiger partial charge in [0.2, 0.25) is 5.89 Å². The van der Waals surface area contributed by atoms with E-state index in [9.17, 15) is 10.1 Å². The quantitative estimate of drug-likeness (QED) is 0.667. The van der Waals surface area contributed by atoms with Gasteiger partial charge in [0.1, 0.15) is 12.0 Å². The Morgan fingerprint density at radius 3 is 2.85 bits per heavy atom. The SMILES string of the molecule is CCC(Nc1ncc([N+](=O)[O-])cc1Cl)c1noc(C)n1. The van der Waals surface area contributed by atoms with Crippen LogP contribution in [-0.2, 0) is 0 Å². The van der Waals surface area contributed by atoms with Gasteiger partial charge in [-0.2, -0.15) is 4.98 Å². The van der Waals surface area contributed by atoms with Crippen LogP contribution >= 0.6 is 11.6 Å². The van der Waals surface area contributed by atoms with E-state index in [1.807, 2.05) is 6.92 Å². The number of hydrogen-bond donors (Lipinski definition) is 1. The second-order valence-corrected chi connectivity index (χ2v) is 4.47. The van der Waals surface area contributed by atoms with Crippen molar-refractivity contribution in [1.82, 2.24) is 15.1 Å². The molecule has 0 saturated heterocycles. The van der Waals surface area contributed by atoms with Crippen molar-refractivity contribution in [3.05, 3.63) is 39.1 Å². The van der Waals surface area contributed by atoms with Gasteiger partial charge in [0.15, 0.2) is 5.82 Å². The van der Waals surface area contributed by atoms with Crippen LogP contribution in [0, 0.1) is 17.0 Å². The first kappa shape index (κ1) is 14.2. The van der Waals surface area contributed by atoms with E-state index in [0.29, 0.717) is 24.0 Å². The molecule has 8 nitrogen and oxygen atoms in total. The molecule has 2 aromatic heterocycles. The van der Waals surface area contributed by atoms with Gasteiger partial charge in [0.25, 0.3) is 5.69 Å². The molecule has 0 aliphatic heterocycles. The van der Waals surface area contributed by atoms with E-state index in [0.717, 1.165) is 6.20 Å². The minimum absolute atomic E-state index is 0.163. The van der Waals surface area contributed by atoms with Crippen molar-refractivity contribution in [3.63, 3.8) is 0 Å². The first-order valence-corrected chi connectivity index (χ1v) is 6.25. The number of halogens is 1. The molecule has 0 fully saturated rings. The van der Waals surface area contributed by atoms with Crippen molar-refractivity contribution in [1.29, 1.82) is 0 Å². The molecule has 1 unspecified atom stereocenters. The van der Waals surface area contributed by atoms with Gasteiger partial charge in [-0.1, -0.05) is 23.7 Å². The highest BCUT2D eigenvalue weighted by atomic mass is 35.5. The number of aryl methyl sites for hydroxylation is 1. The summed E-state index contributed by atoms with van der Waals surface area (Å²) >= 11 is 5.97. The van der Waals surface area contributed by atoms with Crippen molar-refractivity contribution < 1.29 is 9.45 Å². The Kier molecular flexibility index (Phi) is 4.14. The third-order valence-electron chi connectivity index (χ3n) is 2.61. The zero-order chi connectivity index (χ0) is 14.7. The lowest BCUT2D eigenvalue weighted by Gasteiger charge is -2.14. The predicted octanol–water partition coefficient (Wildman–Crippen LogP) is 2.90. The van der Waals surface area contributed by atoms with Gasteiger partial charge in [0, 0.05) is 13.0 Å². The molecule has 1 N–H and O–H groups in total. The van der Waals surface area contributed by atoms with Crippen LogP contribution in [0.1, 0.15) is 31.1 Å². The Hall–Kier alpha value is -2.22. The summed E-state index contributed by atoms with van der Waals surface area (Å²) in [4.78, 5) is 18.2. The molecule has 0 saturated carbocycles. The van der Waals surface area contributed by atoms with Crippen LogP contribution in [0.3, 0.4) is 0 Å². The smallest absolute Gasteiger partial charge is 0.289 e. The summed E-state index contributed by atoms with van der Waals surface area (Å²) in [5.41, 5.74) is -0.163. The van der Waals surface area contributed by atoms with Crippen LogP contribution in [0.2, 0.25) is 5.02 Å². The second kappa shape index (κ2) is 5.83.